The van der Waals surface area contributed by atoms with Crippen LogP contribution in [0.25, 0.3) is 0 Å². The summed E-state index contributed by atoms with van der Waals surface area (Å²) in [5.41, 5.74) is 4.98. The van der Waals surface area contributed by atoms with Gasteiger partial charge in [0.25, 0.3) is 5.56 Å². The molecule has 1 fully saturated rings. The number of anilines is 1. The molecular formula is C9H14N4O. The van der Waals surface area contributed by atoms with Crippen LogP contribution in [0.3, 0.4) is 0 Å². The van der Waals surface area contributed by atoms with E-state index in [0.717, 1.165) is 12.8 Å². The Morgan fingerprint density at radius 2 is 1.93 bits per heavy atom. The number of H-pyrrole nitrogens is 1. The number of nitrogens with one attached hydrogen (secondary N) is 1. The van der Waals surface area contributed by atoms with E-state index in [9.17, 15) is 4.79 Å². The number of aromatic amines is 1. The minimum absolute atomic E-state index is 0.0513. The lowest BCUT2D eigenvalue weighted by atomic mass is 9.89. The van der Waals surface area contributed by atoms with Crippen LogP contribution in [0, 0.1) is 0 Å². The maximum Gasteiger partial charge on any atom is 0.293 e. The topological polar surface area (TPSA) is 84.7 Å². The van der Waals surface area contributed by atoms with Crippen molar-refractivity contribution in [2.24, 2.45) is 0 Å². The van der Waals surface area contributed by atoms with Crippen LogP contribution in [-0.4, -0.2) is 15.2 Å². The van der Waals surface area contributed by atoms with Crippen molar-refractivity contribution in [1.82, 2.24) is 15.2 Å². The second-order valence-electron chi connectivity index (χ2n) is 3.76. The van der Waals surface area contributed by atoms with Gasteiger partial charge in [0.2, 0.25) is 5.82 Å². The van der Waals surface area contributed by atoms with Crippen LogP contribution in [-0.2, 0) is 0 Å². The first-order chi connectivity index (χ1) is 6.77. The van der Waals surface area contributed by atoms with E-state index >= 15 is 0 Å². The minimum atomic E-state index is -0.319. The zero-order chi connectivity index (χ0) is 9.97. The third-order valence-corrected chi connectivity index (χ3v) is 2.73. The van der Waals surface area contributed by atoms with E-state index in [0.29, 0.717) is 11.7 Å². The number of hydrogen-bond donors (Lipinski definition) is 2. The molecule has 0 saturated heterocycles. The molecule has 1 aliphatic rings. The monoisotopic (exact) mass is 194 g/mol. The third-order valence-electron chi connectivity index (χ3n) is 2.73. The molecule has 3 N–H and O–H groups in total. The lowest BCUT2D eigenvalue weighted by Gasteiger charge is -2.19. The smallest absolute Gasteiger partial charge is 0.293 e. The summed E-state index contributed by atoms with van der Waals surface area (Å²) < 4.78 is 0. The highest BCUT2D eigenvalue weighted by molar-refractivity contribution is 5.20. The molecule has 1 heterocycles. The molecule has 0 atom stereocenters. The molecule has 0 spiro atoms. The van der Waals surface area contributed by atoms with Gasteiger partial charge in [-0.2, -0.15) is 0 Å². The van der Waals surface area contributed by atoms with E-state index in [1.807, 2.05) is 0 Å². The summed E-state index contributed by atoms with van der Waals surface area (Å²) in [5, 5.41) is 7.57. The zero-order valence-corrected chi connectivity index (χ0v) is 7.99. The van der Waals surface area contributed by atoms with Gasteiger partial charge in [-0.05, 0) is 12.8 Å². The first kappa shape index (κ1) is 9.18. The molecule has 0 aromatic carbocycles. The molecule has 1 saturated carbocycles. The normalized spacial score (nSPS) is 18.3. The number of nitrogens with zero attached hydrogens (tertiary/aromatic N) is 2. The van der Waals surface area contributed by atoms with Gasteiger partial charge in [0, 0.05) is 5.92 Å². The highest BCUT2D eigenvalue weighted by atomic mass is 16.1. The van der Waals surface area contributed by atoms with E-state index in [1.54, 1.807) is 0 Å². The Morgan fingerprint density at radius 3 is 2.57 bits per heavy atom. The Hall–Kier alpha value is -1.39. The molecule has 0 amide bonds. The van der Waals surface area contributed by atoms with Crippen LogP contribution in [0.4, 0.5) is 5.82 Å². The van der Waals surface area contributed by atoms with Crippen LogP contribution in [0.15, 0.2) is 4.79 Å². The van der Waals surface area contributed by atoms with Crippen LogP contribution in [0.1, 0.15) is 43.8 Å². The molecular weight excluding hydrogens is 180 g/mol. The van der Waals surface area contributed by atoms with E-state index in [1.165, 1.54) is 19.3 Å². The number of rotatable bonds is 1. The van der Waals surface area contributed by atoms with Crippen LogP contribution in [0.5, 0.6) is 0 Å². The number of nitrogen functional groups attached to an aromatic ring is 1. The molecule has 5 heteroatoms. The Balaban J connectivity index is 2.23. The Labute approximate surface area is 81.7 Å². The van der Waals surface area contributed by atoms with E-state index in [4.69, 9.17) is 5.73 Å². The largest absolute Gasteiger partial charge is 0.378 e. The SMILES string of the molecule is Nc1nnc(C2CCCCC2)[nH]c1=O. The second-order valence-corrected chi connectivity index (χ2v) is 3.76. The van der Waals surface area contributed by atoms with Gasteiger partial charge in [0.15, 0.2) is 0 Å². The fraction of sp³-hybridized carbons (Fsp3) is 0.667. The Morgan fingerprint density at radius 1 is 1.21 bits per heavy atom. The highest BCUT2D eigenvalue weighted by Crippen LogP contribution is 2.29. The maximum atomic E-state index is 11.2. The Kier molecular flexibility index (Phi) is 2.47. The summed E-state index contributed by atoms with van der Waals surface area (Å²) in [6.07, 6.45) is 5.88. The molecule has 1 aromatic heterocycles. The summed E-state index contributed by atoms with van der Waals surface area (Å²) in [4.78, 5) is 13.9. The molecule has 0 unspecified atom stereocenters. The van der Waals surface area contributed by atoms with Gasteiger partial charge in [0.1, 0.15) is 5.82 Å². The molecule has 0 radical (unpaired) electrons. The first-order valence-corrected chi connectivity index (χ1v) is 5.00. The quantitative estimate of drug-likeness (QED) is 0.692. The van der Waals surface area contributed by atoms with Crippen molar-refractivity contribution >= 4 is 5.82 Å². The predicted octanol–water partition coefficient (Wildman–Crippen LogP) is 0.795. The summed E-state index contributed by atoms with van der Waals surface area (Å²) in [5.74, 6) is 1.01. The van der Waals surface area contributed by atoms with Crippen LogP contribution < -0.4 is 11.3 Å². The van der Waals surface area contributed by atoms with Crippen LogP contribution >= 0.6 is 0 Å². The number of nitrogens with two attached hydrogens (primary N) is 1. The molecule has 2 rings (SSSR count). The standard InChI is InChI=1S/C9H14N4O/c10-7-9(14)11-8(13-12-7)6-4-2-1-3-5-6/h6H,1-5H2,(H2,10,12)(H,11,13,14). The number of aromatic nitrogens is 3. The van der Waals surface area contributed by atoms with E-state index < -0.39 is 0 Å². The molecule has 14 heavy (non-hydrogen) atoms. The summed E-state index contributed by atoms with van der Waals surface area (Å²) in [6, 6.07) is 0. The van der Waals surface area contributed by atoms with Crippen molar-refractivity contribution < 1.29 is 0 Å². The summed E-state index contributed by atoms with van der Waals surface area (Å²) in [6.45, 7) is 0. The van der Waals surface area contributed by atoms with Gasteiger partial charge in [-0.25, -0.2) is 0 Å². The lowest BCUT2D eigenvalue weighted by Crippen LogP contribution is -2.20. The van der Waals surface area contributed by atoms with Crippen molar-refractivity contribution in [1.29, 1.82) is 0 Å². The maximum absolute atomic E-state index is 11.2. The zero-order valence-electron chi connectivity index (χ0n) is 7.99. The highest BCUT2D eigenvalue weighted by Gasteiger charge is 2.18. The van der Waals surface area contributed by atoms with Gasteiger partial charge >= 0.3 is 0 Å². The fourth-order valence-electron chi connectivity index (χ4n) is 1.92. The van der Waals surface area contributed by atoms with Crippen molar-refractivity contribution in [3.05, 3.63) is 16.2 Å². The van der Waals surface area contributed by atoms with Gasteiger partial charge in [-0.15, -0.1) is 10.2 Å². The second kappa shape index (κ2) is 3.77. The van der Waals surface area contributed by atoms with Crippen molar-refractivity contribution in [3.63, 3.8) is 0 Å². The van der Waals surface area contributed by atoms with Crippen LogP contribution in [0.2, 0.25) is 0 Å². The van der Waals surface area contributed by atoms with Crippen molar-refractivity contribution in [3.8, 4) is 0 Å². The molecule has 0 bridgehead atoms. The fourth-order valence-corrected chi connectivity index (χ4v) is 1.92. The minimum Gasteiger partial charge on any atom is -0.378 e. The van der Waals surface area contributed by atoms with E-state index in [2.05, 4.69) is 15.2 Å². The first-order valence-electron chi connectivity index (χ1n) is 5.00. The van der Waals surface area contributed by atoms with Gasteiger partial charge < -0.3 is 10.7 Å². The summed E-state index contributed by atoms with van der Waals surface area (Å²) >= 11 is 0. The van der Waals surface area contributed by atoms with Gasteiger partial charge in [-0.1, -0.05) is 19.3 Å². The van der Waals surface area contributed by atoms with Crippen molar-refractivity contribution in [2.45, 2.75) is 38.0 Å². The average molecular weight is 194 g/mol. The number of hydrogen-bond acceptors (Lipinski definition) is 4. The van der Waals surface area contributed by atoms with Gasteiger partial charge in [0.05, 0.1) is 0 Å². The molecule has 1 aliphatic carbocycles. The lowest BCUT2D eigenvalue weighted by molar-refractivity contribution is 0.424. The average Bonchev–Trinajstić information content (AvgIpc) is 2.23. The van der Waals surface area contributed by atoms with E-state index in [-0.39, 0.29) is 11.4 Å². The molecule has 1 aromatic rings. The molecule has 5 nitrogen and oxygen atoms in total. The molecule has 0 aliphatic heterocycles. The molecule has 76 valence electrons. The Bertz CT molecular complexity index is 367. The van der Waals surface area contributed by atoms with Crippen molar-refractivity contribution in [2.75, 3.05) is 5.73 Å². The predicted molar refractivity (Wildman–Crippen MR) is 52.9 cm³/mol. The third kappa shape index (κ3) is 1.76. The van der Waals surface area contributed by atoms with Gasteiger partial charge in [-0.3, -0.25) is 4.79 Å². The summed E-state index contributed by atoms with van der Waals surface area (Å²) in [7, 11) is 0.